The summed E-state index contributed by atoms with van der Waals surface area (Å²) in [5.41, 5.74) is 6.62. The van der Waals surface area contributed by atoms with Crippen LogP contribution in [0.3, 0.4) is 0 Å². The molecule has 3 aliphatic rings. The van der Waals surface area contributed by atoms with Crippen LogP contribution in [0, 0.1) is 22.7 Å². The van der Waals surface area contributed by atoms with Gasteiger partial charge in [0.15, 0.2) is 0 Å². The smallest absolute Gasteiger partial charge is 0.244 e. The molecule has 2 bridgehead atoms. The number of hydrogen-bond donors (Lipinski definition) is 1. The van der Waals surface area contributed by atoms with Crippen LogP contribution in [-0.2, 0) is 10.2 Å². The zero-order chi connectivity index (χ0) is 20.3. The molecule has 1 N–H and O–H groups in total. The number of amides is 1. The first-order valence-electron chi connectivity index (χ1n) is 10.9. The molecule has 3 aliphatic carbocycles. The molecule has 0 aromatic heterocycles. The number of hydrogen-bond acceptors (Lipinski definition) is 2. The first-order valence-corrected chi connectivity index (χ1v) is 10.9. The fourth-order valence-electron chi connectivity index (χ4n) is 6.37. The minimum atomic E-state index is -0.235. The van der Waals surface area contributed by atoms with E-state index in [-0.39, 0.29) is 28.1 Å². The fraction of sp³-hybridized carbons (Fsp3) is 0.462. The van der Waals surface area contributed by atoms with Crippen molar-refractivity contribution >= 4 is 11.6 Å². The summed E-state index contributed by atoms with van der Waals surface area (Å²) >= 11 is 0. The van der Waals surface area contributed by atoms with E-state index in [9.17, 15) is 4.79 Å². The van der Waals surface area contributed by atoms with Gasteiger partial charge < -0.3 is 0 Å². The summed E-state index contributed by atoms with van der Waals surface area (Å²) in [6.45, 7) is 6.91. The van der Waals surface area contributed by atoms with Crippen molar-refractivity contribution in [3.05, 3.63) is 71.8 Å². The van der Waals surface area contributed by atoms with Crippen LogP contribution >= 0.6 is 0 Å². The summed E-state index contributed by atoms with van der Waals surface area (Å²) in [4.78, 5) is 13.2. The van der Waals surface area contributed by atoms with Gasteiger partial charge in [-0.25, -0.2) is 5.43 Å². The van der Waals surface area contributed by atoms with E-state index in [1.54, 1.807) is 0 Å². The third kappa shape index (κ3) is 2.70. The summed E-state index contributed by atoms with van der Waals surface area (Å²) in [5.74, 6) is 0.662. The van der Waals surface area contributed by atoms with Crippen molar-refractivity contribution in [3.8, 4) is 0 Å². The Hall–Kier alpha value is -2.42. The molecule has 0 radical (unpaired) electrons. The standard InChI is InChI=1S/C26H30N2O/c1-24(2)20-14-15-25(3,16-20)23(24)28-27-22(29)21-17-26(21,18-10-6-4-7-11-18)19-12-8-5-9-13-19/h4-13,20-21H,14-17H2,1-3H3,(H,27,29)/b28-23-/t20-,21-,25+/m0/s1. The van der Waals surface area contributed by atoms with Crippen LogP contribution in [-0.4, -0.2) is 11.6 Å². The van der Waals surface area contributed by atoms with Crippen LogP contribution < -0.4 is 5.43 Å². The number of carbonyl (C=O) groups is 1. The zero-order valence-corrected chi connectivity index (χ0v) is 17.6. The second-order valence-corrected chi connectivity index (χ2v) is 10.1. The lowest BCUT2D eigenvalue weighted by Crippen LogP contribution is -2.38. The number of rotatable bonds is 4. The van der Waals surface area contributed by atoms with E-state index in [0.717, 1.165) is 6.42 Å². The predicted molar refractivity (Wildman–Crippen MR) is 117 cm³/mol. The van der Waals surface area contributed by atoms with E-state index in [2.05, 4.69) is 74.7 Å². The van der Waals surface area contributed by atoms with Gasteiger partial charge in [-0.3, -0.25) is 4.79 Å². The first kappa shape index (κ1) is 18.6. The molecule has 150 valence electrons. The van der Waals surface area contributed by atoms with Gasteiger partial charge in [-0.05, 0) is 42.7 Å². The second kappa shape index (κ2) is 6.29. The van der Waals surface area contributed by atoms with Crippen LogP contribution in [0.4, 0.5) is 0 Å². The quantitative estimate of drug-likeness (QED) is 0.711. The van der Waals surface area contributed by atoms with Crippen molar-refractivity contribution in [2.24, 2.45) is 27.8 Å². The highest BCUT2D eigenvalue weighted by Crippen LogP contribution is 2.61. The van der Waals surface area contributed by atoms with Crippen LogP contribution in [0.5, 0.6) is 0 Å². The molecule has 1 amide bonds. The number of benzene rings is 2. The zero-order valence-electron chi connectivity index (χ0n) is 17.6. The Bertz CT molecular complexity index is 916. The van der Waals surface area contributed by atoms with Crippen molar-refractivity contribution < 1.29 is 4.79 Å². The highest BCUT2D eigenvalue weighted by atomic mass is 16.2. The van der Waals surface area contributed by atoms with Gasteiger partial charge >= 0.3 is 0 Å². The van der Waals surface area contributed by atoms with E-state index in [4.69, 9.17) is 5.10 Å². The lowest BCUT2D eigenvalue weighted by atomic mass is 9.71. The monoisotopic (exact) mass is 386 g/mol. The molecule has 5 rings (SSSR count). The molecule has 0 heterocycles. The summed E-state index contributed by atoms with van der Waals surface area (Å²) < 4.78 is 0. The topological polar surface area (TPSA) is 41.5 Å². The van der Waals surface area contributed by atoms with E-state index in [1.807, 2.05) is 12.1 Å². The maximum atomic E-state index is 13.2. The SMILES string of the molecule is CC1(C)/C(=N/NC(=O)[C@@H]2CC2(c2ccccc2)c2ccccc2)[C@]2(C)CC[C@H]1C2. The van der Waals surface area contributed by atoms with E-state index < -0.39 is 0 Å². The van der Waals surface area contributed by atoms with Crippen LogP contribution in [0.15, 0.2) is 65.8 Å². The third-order valence-electron chi connectivity index (χ3n) is 8.08. The van der Waals surface area contributed by atoms with Crippen molar-refractivity contribution in [1.82, 2.24) is 5.43 Å². The minimum absolute atomic E-state index is 0.0485. The summed E-state index contributed by atoms with van der Waals surface area (Å²) in [7, 11) is 0. The molecule has 3 saturated carbocycles. The fourth-order valence-corrected chi connectivity index (χ4v) is 6.37. The summed E-state index contributed by atoms with van der Waals surface area (Å²) in [6.07, 6.45) is 4.51. The highest BCUT2D eigenvalue weighted by Gasteiger charge is 2.61. The lowest BCUT2D eigenvalue weighted by molar-refractivity contribution is -0.122. The van der Waals surface area contributed by atoms with Gasteiger partial charge in [0.25, 0.3) is 0 Å². The molecule has 3 nitrogen and oxygen atoms in total. The first-order chi connectivity index (χ1) is 13.9. The van der Waals surface area contributed by atoms with Crippen LogP contribution in [0.1, 0.15) is 57.6 Å². The lowest BCUT2D eigenvalue weighted by Gasteiger charge is -2.35. The molecule has 0 saturated heterocycles. The average Bonchev–Trinajstić information content (AvgIpc) is 3.32. The van der Waals surface area contributed by atoms with E-state index in [1.165, 1.54) is 36.1 Å². The second-order valence-electron chi connectivity index (χ2n) is 10.1. The Morgan fingerprint density at radius 3 is 2.03 bits per heavy atom. The van der Waals surface area contributed by atoms with Gasteiger partial charge in [-0.15, -0.1) is 0 Å². The van der Waals surface area contributed by atoms with Gasteiger partial charge in [0, 0.05) is 16.2 Å². The minimum Gasteiger partial charge on any atom is -0.273 e. The van der Waals surface area contributed by atoms with Crippen molar-refractivity contribution in [2.75, 3.05) is 0 Å². The molecule has 29 heavy (non-hydrogen) atoms. The van der Waals surface area contributed by atoms with E-state index >= 15 is 0 Å². The average molecular weight is 387 g/mol. The predicted octanol–water partition coefficient (Wildman–Crippen LogP) is 5.31. The van der Waals surface area contributed by atoms with Crippen molar-refractivity contribution in [1.29, 1.82) is 0 Å². The van der Waals surface area contributed by atoms with Gasteiger partial charge in [0.2, 0.25) is 5.91 Å². The molecule has 3 heteroatoms. The van der Waals surface area contributed by atoms with Gasteiger partial charge in [0.1, 0.15) is 0 Å². The van der Waals surface area contributed by atoms with Gasteiger partial charge in [-0.2, -0.15) is 5.10 Å². The number of carbonyl (C=O) groups excluding carboxylic acids is 1. The Kier molecular flexibility index (Phi) is 4.03. The van der Waals surface area contributed by atoms with Gasteiger partial charge in [0.05, 0.1) is 11.6 Å². The van der Waals surface area contributed by atoms with Crippen molar-refractivity contribution in [3.63, 3.8) is 0 Å². The Morgan fingerprint density at radius 2 is 1.52 bits per heavy atom. The summed E-state index contributed by atoms with van der Waals surface area (Å²) in [6, 6.07) is 20.9. The maximum Gasteiger partial charge on any atom is 0.244 e. The molecule has 2 aromatic rings. The van der Waals surface area contributed by atoms with Crippen molar-refractivity contribution in [2.45, 2.75) is 51.9 Å². The number of hydrazone groups is 1. The molecule has 2 aromatic carbocycles. The molecule has 3 atom stereocenters. The largest absolute Gasteiger partial charge is 0.273 e. The number of nitrogens with one attached hydrogen (secondary N) is 1. The van der Waals surface area contributed by atoms with Crippen LogP contribution in [0.25, 0.3) is 0 Å². The Labute approximate surface area is 173 Å². The van der Waals surface area contributed by atoms with E-state index in [0.29, 0.717) is 5.92 Å². The highest BCUT2D eigenvalue weighted by molar-refractivity contribution is 5.98. The molecule has 0 unspecified atom stereocenters. The molecule has 0 spiro atoms. The molecule has 0 aliphatic heterocycles. The molecular formula is C26H30N2O. The van der Waals surface area contributed by atoms with Gasteiger partial charge in [-0.1, -0.05) is 81.4 Å². The molecular weight excluding hydrogens is 356 g/mol. The molecule has 3 fully saturated rings. The Balaban J connectivity index is 1.42. The summed E-state index contributed by atoms with van der Waals surface area (Å²) in [5, 5.41) is 4.76. The van der Waals surface area contributed by atoms with Crippen LogP contribution in [0.2, 0.25) is 0 Å². The number of nitrogens with zero attached hydrogens (tertiary/aromatic N) is 1. The maximum absolute atomic E-state index is 13.2. The Morgan fingerprint density at radius 1 is 0.931 bits per heavy atom. The normalized spacial score (nSPS) is 32.3. The third-order valence-corrected chi connectivity index (χ3v) is 8.08. The number of fused-ring (bicyclic) bond motifs is 2.